The van der Waals surface area contributed by atoms with Crippen molar-refractivity contribution >= 4 is 56.9 Å². The largest absolute Gasteiger partial charge is 0.493 e. The number of ether oxygens (including phenoxy) is 3. The zero-order valence-electron chi connectivity index (χ0n) is 21.6. The molecule has 1 amide bonds. The van der Waals surface area contributed by atoms with Crippen molar-refractivity contribution in [1.82, 2.24) is 4.90 Å². The van der Waals surface area contributed by atoms with E-state index in [2.05, 4.69) is 15.9 Å². The van der Waals surface area contributed by atoms with Gasteiger partial charge in [0.25, 0.3) is 5.91 Å². The van der Waals surface area contributed by atoms with Crippen LogP contribution in [0.5, 0.6) is 11.5 Å². The van der Waals surface area contributed by atoms with Crippen LogP contribution in [-0.2, 0) is 27.4 Å². The Hall–Kier alpha value is -3.76. The smallest absolute Gasteiger partial charge is 0.325 e. The molecule has 1 aliphatic heterocycles. The highest BCUT2D eigenvalue weighted by molar-refractivity contribution is 9.10. The lowest BCUT2D eigenvalue weighted by Gasteiger charge is -2.19. The van der Waals surface area contributed by atoms with E-state index in [4.69, 9.17) is 26.4 Å². The van der Waals surface area contributed by atoms with Gasteiger partial charge in [-0.1, -0.05) is 31.2 Å². The molecule has 7 nitrogen and oxygen atoms in total. The van der Waals surface area contributed by atoms with E-state index in [9.17, 15) is 14.0 Å². The molecular formula is C29H26BrFN2O5S. The first-order valence-corrected chi connectivity index (χ1v) is 13.2. The Bertz CT molecular complexity index is 1440. The van der Waals surface area contributed by atoms with Crippen molar-refractivity contribution in [3.05, 3.63) is 93.3 Å². The average molecular weight is 614 g/mol. The van der Waals surface area contributed by atoms with E-state index in [0.717, 1.165) is 12.0 Å². The third-order valence-electron chi connectivity index (χ3n) is 6.08. The fraction of sp³-hybridized carbons (Fsp3) is 0.207. The molecule has 0 unspecified atom stereocenters. The second kappa shape index (κ2) is 12.4. The first kappa shape index (κ1) is 28.3. The number of nitrogens with zero attached hydrogens (tertiary/aromatic N) is 2. The molecule has 0 spiro atoms. The number of halogens is 2. The van der Waals surface area contributed by atoms with Gasteiger partial charge < -0.3 is 19.1 Å². The summed E-state index contributed by atoms with van der Waals surface area (Å²) < 4.78 is 30.4. The minimum atomic E-state index is -0.543. The minimum absolute atomic E-state index is 0.124. The van der Waals surface area contributed by atoms with Crippen LogP contribution < -0.4 is 14.4 Å². The van der Waals surface area contributed by atoms with E-state index in [1.165, 1.54) is 36.2 Å². The maximum absolute atomic E-state index is 13.6. The van der Waals surface area contributed by atoms with E-state index < -0.39 is 5.97 Å². The second-order valence-corrected chi connectivity index (χ2v) is 9.81. The Morgan fingerprint density at radius 3 is 2.46 bits per heavy atom. The second-order valence-electron chi connectivity index (χ2n) is 8.59. The lowest BCUT2D eigenvalue weighted by Crippen LogP contribution is -2.35. The van der Waals surface area contributed by atoms with E-state index >= 15 is 0 Å². The topological polar surface area (TPSA) is 68.3 Å². The standard InChI is InChI=1S/C29H26BrFN2O5S/c1-4-18-8-10-22(11-9-18)33-28(35)24(32(29(33)39)16-26(34)37-3)14-20-13-23(30)27(25(15-20)36-2)38-17-19-6-5-7-21(31)12-19/h5-15H,4,16-17H2,1-3H3/b24-14-. The number of hydrogen-bond donors (Lipinski definition) is 0. The highest BCUT2D eigenvalue weighted by Gasteiger charge is 2.40. The van der Waals surface area contributed by atoms with Gasteiger partial charge in [-0.25, -0.2) is 4.39 Å². The third kappa shape index (κ3) is 6.29. The van der Waals surface area contributed by atoms with Crippen LogP contribution in [-0.4, -0.2) is 42.7 Å². The van der Waals surface area contributed by atoms with E-state index in [1.54, 1.807) is 30.3 Å². The summed E-state index contributed by atoms with van der Waals surface area (Å²) in [4.78, 5) is 28.7. The lowest BCUT2D eigenvalue weighted by molar-refractivity contribution is -0.140. The molecule has 0 N–H and O–H groups in total. The van der Waals surface area contributed by atoms with Gasteiger partial charge in [-0.05, 0) is 93.7 Å². The summed E-state index contributed by atoms with van der Waals surface area (Å²) in [6.07, 6.45) is 2.48. The molecule has 3 aromatic carbocycles. The van der Waals surface area contributed by atoms with Crippen LogP contribution in [0.2, 0.25) is 0 Å². The number of esters is 1. The molecule has 0 radical (unpaired) electrons. The molecule has 0 saturated carbocycles. The molecule has 4 rings (SSSR count). The summed E-state index contributed by atoms with van der Waals surface area (Å²) in [5.41, 5.74) is 3.18. The third-order valence-corrected chi connectivity index (χ3v) is 7.07. The molecular weight excluding hydrogens is 587 g/mol. The summed E-state index contributed by atoms with van der Waals surface area (Å²) in [6, 6.07) is 17.1. The molecule has 0 aromatic heterocycles. The van der Waals surface area contributed by atoms with Gasteiger partial charge in [-0.3, -0.25) is 14.5 Å². The number of thiocarbonyl (C=S) groups is 1. The van der Waals surface area contributed by atoms with Gasteiger partial charge >= 0.3 is 5.97 Å². The van der Waals surface area contributed by atoms with Gasteiger partial charge in [0.15, 0.2) is 16.6 Å². The van der Waals surface area contributed by atoms with Crippen LogP contribution in [0.1, 0.15) is 23.6 Å². The Morgan fingerprint density at radius 1 is 1.08 bits per heavy atom. The fourth-order valence-electron chi connectivity index (χ4n) is 4.04. The van der Waals surface area contributed by atoms with Crippen molar-refractivity contribution in [1.29, 1.82) is 0 Å². The Morgan fingerprint density at radius 2 is 1.82 bits per heavy atom. The first-order chi connectivity index (χ1) is 18.7. The number of amides is 1. The number of carbonyl (C=O) groups excluding carboxylic acids is 2. The predicted molar refractivity (Wildman–Crippen MR) is 154 cm³/mol. The molecule has 3 aromatic rings. The van der Waals surface area contributed by atoms with Gasteiger partial charge in [0.05, 0.1) is 24.4 Å². The number of aryl methyl sites for hydroxylation is 1. The Labute approximate surface area is 239 Å². The predicted octanol–water partition coefficient (Wildman–Crippen LogP) is 5.89. The monoisotopic (exact) mass is 612 g/mol. The van der Waals surface area contributed by atoms with Crippen molar-refractivity contribution in [2.24, 2.45) is 0 Å². The summed E-state index contributed by atoms with van der Waals surface area (Å²) in [6.45, 7) is 1.94. The molecule has 0 atom stereocenters. The number of methoxy groups -OCH3 is 2. The van der Waals surface area contributed by atoms with Crippen LogP contribution in [0.3, 0.4) is 0 Å². The lowest BCUT2D eigenvalue weighted by atomic mass is 10.1. The zero-order valence-corrected chi connectivity index (χ0v) is 24.0. The van der Waals surface area contributed by atoms with E-state index in [0.29, 0.717) is 32.8 Å². The quantitative estimate of drug-likeness (QED) is 0.170. The molecule has 1 aliphatic rings. The summed E-state index contributed by atoms with van der Waals surface area (Å²) in [5.74, 6) is -0.461. The summed E-state index contributed by atoms with van der Waals surface area (Å²) in [7, 11) is 2.77. The van der Waals surface area contributed by atoms with E-state index in [-0.39, 0.29) is 35.7 Å². The molecule has 39 heavy (non-hydrogen) atoms. The Kier molecular flexibility index (Phi) is 8.98. The highest BCUT2D eigenvalue weighted by Crippen LogP contribution is 2.39. The van der Waals surface area contributed by atoms with Gasteiger partial charge in [0, 0.05) is 0 Å². The van der Waals surface area contributed by atoms with Crippen LogP contribution in [0.25, 0.3) is 6.08 Å². The van der Waals surface area contributed by atoms with Crippen LogP contribution in [0, 0.1) is 5.82 Å². The molecule has 0 aliphatic carbocycles. The molecule has 1 fully saturated rings. The van der Waals surface area contributed by atoms with Crippen LogP contribution >= 0.6 is 28.1 Å². The molecule has 202 valence electrons. The van der Waals surface area contributed by atoms with Gasteiger partial charge in [-0.2, -0.15) is 0 Å². The van der Waals surface area contributed by atoms with Gasteiger partial charge in [0.2, 0.25) is 0 Å². The Balaban J connectivity index is 1.68. The minimum Gasteiger partial charge on any atom is -0.493 e. The van der Waals surface area contributed by atoms with Gasteiger partial charge in [-0.15, -0.1) is 0 Å². The van der Waals surface area contributed by atoms with Gasteiger partial charge in [0.1, 0.15) is 24.7 Å². The van der Waals surface area contributed by atoms with Crippen molar-refractivity contribution in [2.75, 3.05) is 25.7 Å². The van der Waals surface area contributed by atoms with Crippen LogP contribution in [0.15, 0.2) is 70.8 Å². The number of rotatable bonds is 9. The van der Waals surface area contributed by atoms with Crippen molar-refractivity contribution in [3.8, 4) is 11.5 Å². The maximum Gasteiger partial charge on any atom is 0.325 e. The SMILES string of the molecule is CCc1ccc(N2C(=O)/C(=C/c3cc(Br)c(OCc4cccc(F)c4)c(OC)c3)N(CC(=O)OC)C2=S)cc1. The normalized spacial score (nSPS) is 14.2. The summed E-state index contributed by atoms with van der Waals surface area (Å²) in [5, 5.41) is 0.168. The molecule has 10 heteroatoms. The number of benzene rings is 3. The fourth-order valence-corrected chi connectivity index (χ4v) is 4.96. The van der Waals surface area contributed by atoms with E-state index in [1.807, 2.05) is 31.2 Å². The molecule has 1 saturated heterocycles. The zero-order chi connectivity index (χ0) is 28.1. The average Bonchev–Trinajstić information content (AvgIpc) is 3.15. The molecule has 0 bridgehead atoms. The highest BCUT2D eigenvalue weighted by atomic mass is 79.9. The number of anilines is 1. The maximum atomic E-state index is 13.6. The number of carbonyl (C=O) groups is 2. The van der Waals surface area contributed by atoms with Crippen molar-refractivity contribution in [3.63, 3.8) is 0 Å². The summed E-state index contributed by atoms with van der Waals surface area (Å²) >= 11 is 9.14. The van der Waals surface area contributed by atoms with Crippen molar-refractivity contribution < 1.29 is 28.2 Å². The number of hydrogen-bond acceptors (Lipinski definition) is 6. The van der Waals surface area contributed by atoms with Crippen molar-refractivity contribution in [2.45, 2.75) is 20.0 Å². The first-order valence-electron chi connectivity index (χ1n) is 12.0. The molecule has 1 heterocycles. The van der Waals surface area contributed by atoms with Crippen LogP contribution in [0.4, 0.5) is 10.1 Å².